The van der Waals surface area contributed by atoms with Crippen LogP contribution in [0.1, 0.15) is 19.5 Å². The normalized spacial score (nSPS) is 11.4. The summed E-state index contributed by atoms with van der Waals surface area (Å²) in [6.45, 7) is 6.17. The average molecular weight is 280 g/mol. The maximum absolute atomic E-state index is 4.22. The van der Waals surface area contributed by atoms with Crippen molar-refractivity contribution in [2.24, 2.45) is 5.92 Å². The molecule has 1 aromatic heterocycles. The molecule has 0 unspecified atom stereocenters. The highest BCUT2D eigenvalue weighted by atomic mass is 15.4. The summed E-state index contributed by atoms with van der Waals surface area (Å²) in [5, 5.41) is 14.2. The van der Waals surface area contributed by atoms with Gasteiger partial charge in [0.05, 0.1) is 17.6 Å². The Morgan fingerprint density at radius 2 is 1.90 bits per heavy atom. The molecule has 0 amide bonds. The van der Waals surface area contributed by atoms with Crippen LogP contribution >= 0.6 is 0 Å². The van der Waals surface area contributed by atoms with Crippen LogP contribution in [0, 0.1) is 5.92 Å². The van der Waals surface area contributed by atoms with Crippen LogP contribution in [-0.2, 0) is 6.54 Å². The Labute approximate surface area is 124 Å². The van der Waals surface area contributed by atoms with Crippen LogP contribution in [-0.4, -0.2) is 21.5 Å². The summed E-state index contributed by atoms with van der Waals surface area (Å²) >= 11 is 0. The van der Waals surface area contributed by atoms with Crippen molar-refractivity contribution in [3.8, 4) is 5.69 Å². The summed E-state index contributed by atoms with van der Waals surface area (Å²) in [6, 6.07) is 14.7. The number of fused-ring (bicyclic) bond motifs is 1. The topological polar surface area (TPSA) is 42.7 Å². The van der Waals surface area contributed by atoms with E-state index >= 15 is 0 Å². The number of hydrogen-bond donors (Lipinski definition) is 1. The van der Waals surface area contributed by atoms with Crippen molar-refractivity contribution in [1.82, 2.24) is 20.3 Å². The second kappa shape index (κ2) is 6.06. The zero-order chi connectivity index (χ0) is 14.7. The number of hydrogen-bond acceptors (Lipinski definition) is 3. The maximum Gasteiger partial charge on any atom is 0.0783 e. The number of rotatable bonds is 5. The smallest absolute Gasteiger partial charge is 0.0783 e. The van der Waals surface area contributed by atoms with Gasteiger partial charge >= 0.3 is 0 Å². The Morgan fingerprint density at radius 1 is 1.10 bits per heavy atom. The second-order valence-electron chi connectivity index (χ2n) is 5.69. The molecule has 108 valence electrons. The van der Waals surface area contributed by atoms with Crippen molar-refractivity contribution in [1.29, 1.82) is 0 Å². The van der Waals surface area contributed by atoms with Crippen molar-refractivity contribution in [2.75, 3.05) is 6.54 Å². The van der Waals surface area contributed by atoms with E-state index < -0.39 is 0 Å². The van der Waals surface area contributed by atoms with Gasteiger partial charge in [0.1, 0.15) is 0 Å². The monoisotopic (exact) mass is 280 g/mol. The first kappa shape index (κ1) is 13.8. The molecule has 1 N–H and O–H groups in total. The molecule has 0 saturated carbocycles. The molecule has 4 nitrogen and oxygen atoms in total. The van der Waals surface area contributed by atoms with E-state index in [4.69, 9.17) is 0 Å². The van der Waals surface area contributed by atoms with Gasteiger partial charge in [-0.05, 0) is 35.4 Å². The van der Waals surface area contributed by atoms with Gasteiger partial charge in [0.15, 0.2) is 0 Å². The summed E-state index contributed by atoms with van der Waals surface area (Å²) in [5.74, 6) is 0.634. The molecular weight excluding hydrogens is 260 g/mol. The first-order valence-electron chi connectivity index (χ1n) is 7.33. The van der Waals surface area contributed by atoms with Gasteiger partial charge in [-0.1, -0.05) is 49.4 Å². The number of benzene rings is 2. The molecule has 3 aromatic rings. The lowest BCUT2D eigenvalue weighted by Gasteiger charge is -2.10. The predicted molar refractivity (Wildman–Crippen MR) is 85.4 cm³/mol. The minimum Gasteiger partial charge on any atom is -0.311 e. The van der Waals surface area contributed by atoms with Crippen LogP contribution in [0.4, 0.5) is 0 Å². The van der Waals surface area contributed by atoms with Crippen molar-refractivity contribution in [3.63, 3.8) is 0 Å². The van der Waals surface area contributed by atoms with E-state index in [-0.39, 0.29) is 0 Å². The molecule has 0 spiro atoms. The molecule has 1 heterocycles. The summed E-state index contributed by atoms with van der Waals surface area (Å²) in [4.78, 5) is 0. The fourth-order valence-corrected chi connectivity index (χ4v) is 2.39. The summed E-state index contributed by atoms with van der Waals surface area (Å²) in [7, 11) is 0. The molecule has 0 aliphatic rings. The molecule has 4 heteroatoms. The van der Waals surface area contributed by atoms with Crippen LogP contribution in [0.25, 0.3) is 16.5 Å². The molecule has 2 aromatic carbocycles. The second-order valence-corrected chi connectivity index (χ2v) is 5.69. The van der Waals surface area contributed by atoms with Gasteiger partial charge < -0.3 is 5.32 Å². The van der Waals surface area contributed by atoms with Gasteiger partial charge in [-0.2, -0.15) is 0 Å². The Hall–Kier alpha value is -2.20. The molecule has 0 aliphatic heterocycles. The van der Waals surface area contributed by atoms with Crippen LogP contribution < -0.4 is 5.32 Å². The molecule has 0 bridgehead atoms. The van der Waals surface area contributed by atoms with Crippen molar-refractivity contribution in [2.45, 2.75) is 20.4 Å². The highest BCUT2D eigenvalue weighted by Crippen LogP contribution is 2.18. The summed E-state index contributed by atoms with van der Waals surface area (Å²) in [6.07, 6.45) is 1.82. The van der Waals surface area contributed by atoms with E-state index in [1.807, 2.05) is 10.9 Å². The first-order valence-corrected chi connectivity index (χ1v) is 7.33. The molecule has 0 radical (unpaired) electrons. The number of nitrogens with zero attached hydrogens (tertiary/aromatic N) is 3. The SMILES string of the molecule is CC(C)CNCc1cnnn1-c1ccc2ccccc2c1. The van der Waals surface area contributed by atoms with Crippen molar-refractivity contribution >= 4 is 10.8 Å². The third-order valence-electron chi connectivity index (χ3n) is 3.46. The minimum atomic E-state index is 0.634. The first-order chi connectivity index (χ1) is 10.2. The van der Waals surface area contributed by atoms with Crippen LogP contribution in [0.2, 0.25) is 0 Å². The van der Waals surface area contributed by atoms with Gasteiger partial charge in [0.2, 0.25) is 0 Å². The van der Waals surface area contributed by atoms with Crippen LogP contribution in [0.3, 0.4) is 0 Å². The third kappa shape index (κ3) is 3.11. The lowest BCUT2D eigenvalue weighted by Crippen LogP contribution is -2.20. The highest BCUT2D eigenvalue weighted by molar-refractivity contribution is 5.84. The zero-order valence-corrected chi connectivity index (χ0v) is 12.5. The Morgan fingerprint density at radius 3 is 2.71 bits per heavy atom. The van der Waals surface area contributed by atoms with Crippen molar-refractivity contribution in [3.05, 3.63) is 54.4 Å². The molecule has 0 aliphatic carbocycles. The summed E-state index contributed by atoms with van der Waals surface area (Å²) in [5.41, 5.74) is 2.12. The molecule has 0 saturated heterocycles. The van der Waals surface area contributed by atoms with E-state index in [0.29, 0.717) is 5.92 Å². The quantitative estimate of drug-likeness (QED) is 0.780. The zero-order valence-electron chi connectivity index (χ0n) is 12.5. The van der Waals surface area contributed by atoms with E-state index in [2.05, 4.69) is 71.9 Å². The largest absolute Gasteiger partial charge is 0.311 e. The van der Waals surface area contributed by atoms with E-state index in [1.54, 1.807) is 0 Å². The predicted octanol–water partition coefficient (Wildman–Crippen LogP) is 3.17. The van der Waals surface area contributed by atoms with Gasteiger partial charge in [0.25, 0.3) is 0 Å². The Balaban J connectivity index is 1.86. The molecule has 0 atom stereocenters. The third-order valence-corrected chi connectivity index (χ3v) is 3.46. The summed E-state index contributed by atoms with van der Waals surface area (Å²) < 4.78 is 1.90. The minimum absolute atomic E-state index is 0.634. The van der Waals surface area contributed by atoms with Gasteiger partial charge in [-0.15, -0.1) is 5.10 Å². The highest BCUT2D eigenvalue weighted by Gasteiger charge is 2.07. The fourth-order valence-electron chi connectivity index (χ4n) is 2.39. The van der Waals surface area contributed by atoms with Gasteiger partial charge in [0, 0.05) is 6.54 Å². The van der Waals surface area contributed by atoms with E-state index in [9.17, 15) is 0 Å². The number of nitrogens with one attached hydrogen (secondary N) is 1. The fraction of sp³-hybridized carbons (Fsp3) is 0.294. The Kier molecular flexibility index (Phi) is 3.97. The lowest BCUT2D eigenvalue weighted by atomic mass is 10.1. The molecule has 3 rings (SSSR count). The van der Waals surface area contributed by atoms with Gasteiger partial charge in [-0.3, -0.25) is 0 Å². The molecular formula is C17H20N4. The van der Waals surface area contributed by atoms with Crippen molar-refractivity contribution < 1.29 is 0 Å². The maximum atomic E-state index is 4.22. The van der Waals surface area contributed by atoms with Gasteiger partial charge in [-0.25, -0.2) is 4.68 Å². The van der Waals surface area contributed by atoms with E-state index in [0.717, 1.165) is 24.5 Å². The molecule has 21 heavy (non-hydrogen) atoms. The van der Waals surface area contributed by atoms with E-state index in [1.165, 1.54) is 10.8 Å². The average Bonchev–Trinajstić information content (AvgIpc) is 2.95. The van der Waals surface area contributed by atoms with Crippen LogP contribution in [0.5, 0.6) is 0 Å². The Bertz CT molecular complexity index is 730. The van der Waals surface area contributed by atoms with Crippen LogP contribution in [0.15, 0.2) is 48.7 Å². The number of aromatic nitrogens is 3. The molecule has 0 fully saturated rings. The standard InChI is InChI=1S/C17H20N4/c1-13(2)10-18-11-17-12-19-20-21(17)16-8-7-14-5-3-4-6-15(14)9-16/h3-9,12-13,18H,10-11H2,1-2H3. The lowest BCUT2D eigenvalue weighted by molar-refractivity contribution is 0.542.